The molecule has 0 aromatic heterocycles. The molecule has 8 heteroatoms. The first kappa shape index (κ1) is 19.3. The Kier molecular flexibility index (Phi) is 5.17. The number of hydrogen-bond donors (Lipinski definition) is 3. The number of nitrogens with zero attached hydrogens (tertiary/aromatic N) is 1. The van der Waals surface area contributed by atoms with Gasteiger partial charge >= 0.3 is 12.1 Å². The van der Waals surface area contributed by atoms with E-state index in [0.29, 0.717) is 25.2 Å². The van der Waals surface area contributed by atoms with Crippen molar-refractivity contribution in [3.05, 3.63) is 23.5 Å². The molecule has 1 atom stereocenters. The van der Waals surface area contributed by atoms with E-state index >= 15 is 4.39 Å². The van der Waals surface area contributed by atoms with Gasteiger partial charge in [0.15, 0.2) is 5.82 Å². The normalized spacial score (nSPS) is 19.7. The first-order valence-electron chi connectivity index (χ1n) is 9.21. The number of halogens is 1. The smallest absolute Gasteiger partial charge is 0.407 e. The van der Waals surface area contributed by atoms with Gasteiger partial charge in [0, 0.05) is 19.1 Å². The standard InChI is InChI=1S/C19H26FN3O4/c1-19(2,3)27-18(26)22-12-8-9-23(10-12)14-7-6-13(17(24)25)16(15(14)20)21-11-4-5-11/h6-7,11-12,21H,4-5,8-10H2,1-3H3,(H,22,26)(H,24,25)/t12-/m1/s1. The van der Waals surface area contributed by atoms with E-state index in [0.717, 1.165) is 12.8 Å². The fourth-order valence-corrected chi connectivity index (χ4v) is 3.13. The van der Waals surface area contributed by atoms with Crippen LogP contribution in [0.5, 0.6) is 0 Å². The third kappa shape index (κ3) is 4.81. The van der Waals surface area contributed by atoms with Gasteiger partial charge in [-0.2, -0.15) is 0 Å². The summed E-state index contributed by atoms with van der Waals surface area (Å²) in [5.74, 6) is -1.71. The van der Waals surface area contributed by atoms with Crippen molar-refractivity contribution in [2.45, 2.75) is 57.7 Å². The molecule has 1 aromatic carbocycles. The van der Waals surface area contributed by atoms with Crippen LogP contribution < -0.4 is 15.5 Å². The van der Waals surface area contributed by atoms with Crippen molar-refractivity contribution in [1.29, 1.82) is 0 Å². The molecular formula is C19H26FN3O4. The lowest BCUT2D eigenvalue weighted by Crippen LogP contribution is -2.40. The molecular weight excluding hydrogens is 353 g/mol. The maximum absolute atomic E-state index is 15.1. The first-order chi connectivity index (χ1) is 12.6. The summed E-state index contributed by atoms with van der Waals surface area (Å²) in [6.07, 6.45) is 1.99. The molecule has 1 aliphatic heterocycles. The molecule has 2 fully saturated rings. The van der Waals surface area contributed by atoms with E-state index in [2.05, 4.69) is 10.6 Å². The van der Waals surface area contributed by atoms with E-state index < -0.39 is 23.5 Å². The zero-order chi connectivity index (χ0) is 19.8. The Balaban J connectivity index is 1.71. The van der Waals surface area contributed by atoms with E-state index in [1.165, 1.54) is 12.1 Å². The lowest BCUT2D eigenvalue weighted by molar-refractivity contribution is 0.0508. The van der Waals surface area contributed by atoms with Crippen LogP contribution in [-0.4, -0.2) is 47.9 Å². The number of anilines is 2. The van der Waals surface area contributed by atoms with Crippen LogP contribution >= 0.6 is 0 Å². The zero-order valence-electron chi connectivity index (χ0n) is 15.8. The van der Waals surface area contributed by atoms with Gasteiger partial charge in [0.25, 0.3) is 0 Å². The Morgan fingerprint density at radius 1 is 1.22 bits per heavy atom. The fourth-order valence-electron chi connectivity index (χ4n) is 3.13. The molecule has 3 rings (SSSR count). The lowest BCUT2D eigenvalue weighted by atomic mass is 10.1. The van der Waals surface area contributed by atoms with Gasteiger partial charge in [-0.25, -0.2) is 14.0 Å². The van der Waals surface area contributed by atoms with Gasteiger partial charge in [-0.15, -0.1) is 0 Å². The third-order valence-electron chi connectivity index (χ3n) is 4.53. The average Bonchev–Trinajstić information content (AvgIpc) is 3.24. The van der Waals surface area contributed by atoms with Crippen LogP contribution in [0, 0.1) is 5.82 Å². The first-order valence-corrected chi connectivity index (χ1v) is 9.21. The molecule has 3 N–H and O–H groups in total. The number of amides is 1. The topological polar surface area (TPSA) is 90.9 Å². The molecule has 148 valence electrons. The number of hydrogen-bond acceptors (Lipinski definition) is 5. The van der Waals surface area contributed by atoms with E-state index in [4.69, 9.17) is 4.74 Å². The Morgan fingerprint density at radius 3 is 2.52 bits per heavy atom. The summed E-state index contributed by atoms with van der Waals surface area (Å²) in [5, 5.41) is 15.1. The summed E-state index contributed by atoms with van der Waals surface area (Å²) < 4.78 is 20.3. The van der Waals surface area contributed by atoms with Crippen LogP contribution in [0.15, 0.2) is 12.1 Å². The van der Waals surface area contributed by atoms with Gasteiger partial charge in [0.1, 0.15) is 5.60 Å². The molecule has 27 heavy (non-hydrogen) atoms. The van der Waals surface area contributed by atoms with Gasteiger partial charge in [0.2, 0.25) is 0 Å². The number of ether oxygens (including phenoxy) is 1. The fraction of sp³-hybridized carbons (Fsp3) is 0.579. The minimum Gasteiger partial charge on any atom is -0.478 e. The molecule has 0 spiro atoms. The molecule has 1 heterocycles. The summed E-state index contributed by atoms with van der Waals surface area (Å²) in [6.45, 7) is 6.38. The van der Waals surface area contributed by atoms with E-state index in [1.807, 2.05) is 4.90 Å². The molecule has 0 radical (unpaired) electrons. The zero-order valence-corrected chi connectivity index (χ0v) is 15.8. The van der Waals surface area contributed by atoms with E-state index in [1.54, 1.807) is 20.8 Å². The number of aromatic carboxylic acids is 1. The number of carbonyl (C=O) groups is 2. The Hall–Kier alpha value is -2.51. The summed E-state index contributed by atoms with van der Waals surface area (Å²) in [6, 6.07) is 2.90. The Morgan fingerprint density at radius 2 is 1.93 bits per heavy atom. The van der Waals surface area contributed by atoms with Crippen LogP contribution in [0.2, 0.25) is 0 Å². The molecule has 1 saturated heterocycles. The number of carboxylic acid groups (broad SMARTS) is 1. The third-order valence-corrected chi connectivity index (χ3v) is 4.53. The van der Waals surface area contributed by atoms with Crippen LogP contribution in [0.3, 0.4) is 0 Å². The van der Waals surface area contributed by atoms with Crippen molar-refractivity contribution in [3.63, 3.8) is 0 Å². The predicted molar refractivity (Wildman–Crippen MR) is 100.0 cm³/mol. The predicted octanol–water partition coefficient (Wildman–Crippen LogP) is 3.20. The SMILES string of the molecule is CC(C)(C)OC(=O)N[C@@H]1CCN(c2ccc(C(=O)O)c(NC3CC3)c2F)C1. The molecule has 2 aliphatic rings. The van der Waals surface area contributed by atoms with Crippen molar-refractivity contribution in [3.8, 4) is 0 Å². The maximum Gasteiger partial charge on any atom is 0.407 e. The monoisotopic (exact) mass is 379 g/mol. The average molecular weight is 379 g/mol. The van der Waals surface area contributed by atoms with Gasteiger partial charge in [-0.3, -0.25) is 0 Å². The summed E-state index contributed by atoms with van der Waals surface area (Å²) in [7, 11) is 0. The largest absolute Gasteiger partial charge is 0.478 e. The molecule has 1 aromatic rings. The van der Waals surface area contributed by atoms with Crippen molar-refractivity contribution < 1.29 is 23.8 Å². The van der Waals surface area contributed by atoms with Crippen LogP contribution in [0.25, 0.3) is 0 Å². The number of benzene rings is 1. The molecule has 1 saturated carbocycles. The molecule has 1 aliphatic carbocycles. The number of carboxylic acids is 1. The highest BCUT2D eigenvalue weighted by molar-refractivity contribution is 5.95. The Labute approximate surface area is 157 Å². The number of nitrogens with one attached hydrogen (secondary N) is 2. The highest BCUT2D eigenvalue weighted by atomic mass is 19.1. The lowest BCUT2D eigenvalue weighted by Gasteiger charge is -2.23. The van der Waals surface area contributed by atoms with Gasteiger partial charge < -0.3 is 25.4 Å². The van der Waals surface area contributed by atoms with E-state index in [9.17, 15) is 14.7 Å². The minimum atomic E-state index is -1.16. The minimum absolute atomic E-state index is 0.0473. The maximum atomic E-state index is 15.1. The van der Waals surface area contributed by atoms with Crippen LogP contribution in [0.4, 0.5) is 20.6 Å². The summed E-state index contributed by atoms with van der Waals surface area (Å²) in [4.78, 5) is 25.2. The second-order valence-corrected chi connectivity index (χ2v) is 8.12. The quantitative estimate of drug-likeness (QED) is 0.728. The number of carbonyl (C=O) groups excluding carboxylic acids is 1. The molecule has 7 nitrogen and oxygen atoms in total. The number of rotatable bonds is 5. The van der Waals surface area contributed by atoms with Crippen molar-refractivity contribution in [1.82, 2.24) is 5.32 Å². The van der Waals surface area contributed by atoms with E-state index in [-0.39, 0.29) is 23.3 Å². The molecule has 0 unspecified atom stereocenters. The van der Waals surface area contributed by atoms with Crippen molar-refractivity contribution >= 4 is 23.4 Å². The second-order valence-electron chi connectivity index (χ2n) is 8.12. The summed E-state index contributed by atoms with van der Waals surface area (Å²) in [5.41, 5.74) is -0.252. The molecule has 1 amide bonds. The van der Waals surface area contributed by atoms with Crippen molar-refractivity contribution in [2.75, 3.05) is 23.3 Å². The summed E-state index contributed by atoms with van der Waals surface area (Å²) >= 11 is 0. The van der Waals surface area contributed by atoms with Crippen LogP contribution in [0.1, 0.15) is 50.4 Å². The highest BCUT2D eigenvalue weighted by Gasteiger charge is 2.31. The second kappa shape index (κ2) is 7.25. The van der Waals surface area contributed by atoms with Crippen LogP contribution in [-0.2, 0) is 4.74 Å². The highest BCUT2D eigenvalue weighted by Crippen LogP contribution is 2.35. The number of alkyl carbamates (subject to hydrolysis) is 1. The molecule has 0 bridgehead atoms. The van der Waals surface area contributed by atoms with Crippen molar-refractivity contribution in [2.24, 2.45) is 0 Å². The van der Waals surface area contributed by atoms with Gasteiger partial charge in [-0.05, 0) is 52.2 Å². The Bertz CT molecular complexity index is 743. The van der Waals surface area contributed by atoms with Gasteiger partial charge in [0.05, 0.1) is 23.0 Å². The van der Waals surface area contributed by atoms with Gasteiger partial charge in [-0.1, -0.05) is 0 Å².